The summed E-state index contributed by atoms with van der Waals surface area (Å²) in [5, 5.41) is 0. The van der Waals surface area contributed by atoms with Gasteiger partial charge in [0, 0.05) is 6.54 Å². The lowest BCUT2D eigenvalue weighted by atomic mass is 10.1. The monoisotopic (exact) mass is 179 g/mol. The molecule has 1 aromatic rings. The fourth-order valence-corrected chi connectivity index (χ4v) is 1.11. The third kappa shape index (κ3) is 3.57. The van der Waals surface area contributed by atoms with Gasteiger partial charge in [-0.05, 0) is 19.4 Å². The molecule has 1 atom stereocenters. The quantitative estimate of drug-likeness (QED) is 0.765. The van der Waals surface area contributed by atoms with Crippen molar-refractivity contribution in [3.8, 4) is 0 Å². The molecule has 0 saturated heterocycles. The molecule has 0 radical (unpaired) electrons. The van der Waals surface area contributed by atoms with Crippen LogP contribution in [0.25, 0.3) is 0 Å². The number of hydrogen-bond acceptors (Lipinski definition) is 2. The summed E-state index contributed by atoms with van der Waals surface area (Å²) in [6.45, 7) is 5.29. The lowest BCUT2D eigenvalue weighted by Crippen LogP contribution is -2.19. The normalized spacial score (nSPS) is 12.8. The van der Waals surface area contributed by atoms with Crippen molar-refractivity contribution in [2.24, 2.45) is 5.73 Å². The van der Waals surface area contributed by atoms with Gasteiger partial charge in [-0.2, -0.15) is 0 Å². The van der Waals surface area contributed by atoms with Crippen LogP contribution >= 0.6 is 0 Å². The van der Waals surface area contributed by atoms with Gasteiger partial charge in [0.1, 0.15) is 0 Å². The Hall–Kier alpha value is -0.860. The Kier molecular flexibility index (Phi) is 3.93. The van der Waals surface area contributed by atoms with Crippen molar-refractivity contribution in [3.05, 3.63) is 35.4 Å². The standard InChI is InChI=1S/C11H17NO/c1-9-4-3-5-11(6-9)8-13-10(2)7-12/h3-6,10H,7-8,12H2,1-2H3. The Morgan fingerprint density at radius 3 is 2.85 bits per heavy atom. The molecule has 0 amide bonds. The zero-order chi connectivity index (χ0) is 9.68. The Balaban J connectivity index is 2.45. The fraction of sp³-hybridized carbons (Fsp3) is 0.455. The molecular formula is C11H17NO. The fourth-order valence-electron chi connectivity index (χ4n) is 1.11. The number of nitrogens with two attached hydrogens (primary N) is 1. The zero-order valence-corrected chi connectivity index (χ0v) is 8.29. The maximum atomic E-state index is 5.51. The van der Waals surface area contributed by atoms with E-state index in [2.05, 4.69) is 25.1 Å². The topological polar surface area (TPSA) is 35.2 Å². The first-order valence-electron chi connectivity index (χ1n) is 4.59. The van der Waals surface area contributed by atoms with Gasteiger partial charge in [-0.15, -0.1) is 0 Å². The van der Waals surface area contributed by atoms with Crippen LogP contribution in [0.15, 0.2) is 24.3 Å². The lowest BCUT2D eigenvalue weighted by molar-refractivity contribution is 0.0589. The Labute approximate surface area is 79.7 Å². The van der Waals surface area contributed by atoms with E-state index in [0.717, 1.165) is 0 Å². The van der Waals surface area contributed by atoms with Gasteiger partial charge in [0.05, 0.1) is 12.7 Å². The molecular weight excluding hydrogens is 162 g/mol. The van der Waals surface area contributed by atoms with Crippen LogP contribution in [0.3, 0.4) is 0 Å². The molecule has 1 unspecified atom stereocenters. The van der Waals surface area contributed by atoms with E-state index in [4.69, 9.17) is 10.5 Å². The van der Waals surface area contributed by atoms with Crippen LogP contribution in [0.5, 0.6) is 0 Å². The van der Waals surface area contributed by atoms with Gasteiger partial charge in [0.15, 0.2) is 0 Å². The van der Waals surface area contributed by atoms with Crippen LogP contribution in [0.4, 0.5) is 0 Å². The Morgan fingerprint density at radius 1 is 1.46 bits per heavy atom. The minimum Gasteiger partial charge on any atom is -0.373 e. The Morgan fingerprint density at radius 2 is 2.23 bits per heavy atom. The molecule has 2 nitrogen and oxygen atoms in total. The van der Waals surface area contributed by atoms with Gasteiger partial charge in [0.2, 0.25) is 0 Å². The molecule has 72 valence electrons. The molecule has 0 spiro atoms. The van der Waals surface area contributed by atoms with E-state index in [-0.39, 0.29) is 6.10 Å². The lowest BCUT2D eigenvalue weighted by Gasteiger charge is -2.10. The van der Waals surface area contributed by atoms with E-state index in [0.29, 0.717) is 13.2 Å². The van der Waals surface area contributed by atoms with E-state index < -0.39 is 0 Å². The van der Waals surface area contributed by atoms with E-state index in [1.165, 1.54) is 11.1 Å². The molecule has 0 saturated carbocycles. The molecule has 0 aromatic heterocycles. The highest BCUT2D eigenvalue weighted by Gasteiger charge is 1.99. The van der Waals surface area contributed by atoms with Gasteiger partial charge in [-0.3, -0.25) is 0 Å². The minimum atomic E-state index is 0.139. The number of ether oxygens (including phenoxy) is 1. The van der Waals surface area contributed by atoms with E-state index in [1.807, 2.05) is 13.0 Å². The van der Waals surface area contributed by atoms with Crippen LogP contribution in [0.1, 0.15) is 18.1 Å². The van der Waals surface area contributed by atoms with Crippen LogP contribution < -0.4 is 5.73 Å². The van der Waals surface area contributed by atoms with Crippen molar-refractivity contribution in [1.29, 1.82) is 0 Å². The second-order valence-electron chi connectivity index (χ2n) is 3.35. The SMILES string of the molecule is Cc1cccc(COC(C)CN)c1. The van der Waals surface area contributed by atoms with Crippen LogP contribution in [0, 0.1) is 6.92 Å². The summed E-state index contributed by atoms with van der Waals surface area (Å²) in [6.07, 6.45) is 0.139. The first-order valence-corrected chi connectivity index (χ1v) is 4.59. The summed E-state index contributed by atoms with van der Waals surface area (Å²) in [4.78, 5) is 0. The summed E-state index contributed by atoms with van der Waals surface area (Å²) in [7, 11) is 0. The summed E-state index contributed by atoms with van der Waals surface area (Å²) < 4.78 is 5.51. The molecule has 0 aliphatic heterocycles. The van der Waals surface area contributed by atoms with Gasteiger partial charge in [-0.25, -0.2) is 0 Å². The smallest absolute Gasteiger partial charge is 0.0721 e. The van der Waals surface area contributed by atoms with Crippen molar-refractivity contribution in [3.63, 3.8) is 0 Å². The van der Waals surface area contributed by atoms with Crippen molar-refractivity contribution in [2.75, 3.05) is 6.54 Å². The van der Waals surface area contributed by atoms with E-state index >= 15 is 0 Å². The van der Waals surface area contributed by atoms with Crippen molar-refractivity contribution in [1.82, 2.24) is 0 Å². The molecule has 2 N–H and O–H groups in total. The third-order valence-corrected chi connectivity index (χ3v) is 1.95. The van der Waals surface area contributed by atoms with Crippen LogP contribution in [-0.4, -0.2) is 12.6 Å². The average Bonchev–Trinajstić information content (AvgIpc) is 2.14. The number of benzene rings is 1. The highest BCUT2D eigenvalue weighted by molar-refractivity contribution is 5.21. The highest BCUT2D eigenvalue weighted by atomic mass is 16.5. The second kappa shape index (κ2) is 5.00. The molecule has 0 fully saturated rings. The van der Waals surface area contributed by atoms with Crippen molar-refractivity contribution >= 4 is 0 Å². The molecule has 0 aliphatic rings. The van der Waals surface area contributed by atoms with Crippen molar-refractivity contribution in [2.45, 2.75) is 26.6 Å². The summed E-state index contributed by atoms with van der Waals surface area (Å²) >= 11 is 0. The summed E-state index contributed by atoms with van der Waals surface area (Å²) in [6, 6.07) is 8.32. The molecule has 1 aromatic carbocycles. The molecule has 2 heteroatoms. The maximum absolute atomic E-state index is 5.51. The Bertz CT molecular complexity index is 260. The average molecular weight is 179 g/mol. The second-order valence-corrected chi connectivity index (χ2v) is 3.35. The first-order chi connectivity index (χ1) is 6.22. The molecule has 0 bridgehead atoms. The number of rotatable bonds is 4. The molecule has 0 heterocycles. The summed E-state index contributed by atoms with van der Waals surface area (Å²) in [5.74, 6) is 0. The van der Waals surface area contributed by atoms with Crippen LogP contribution in [-0.2, 0) is 11.3 Å². The molecule has 1 rings (SSSR count). The van der Waals surface area contributed by atoms with E-state index in [1.54, 1.807) is 0 Å². The first kappa shape index (κ1) is 10.2. The van der Waals surface area contributed by atoms with Gasteiger partial charge in [0.25, 0.3) is 0 Å². The number of hydrogen-bond donors (Lipinski definition) is 1. The van der Waals surface area contributed by atoms with Gasteiger partial charge in [-0.1, -0.05) is 29.8 Å². The summed E-state index contributed by atoms with van der Waals surface area (Å²) in [5.41, 5.74) is 7.91. The van der Waals surface area contributed by atoms with Crippen molar-refractivity contribution < 1.29 is 4.74 Å². The largest absolute Gasteiger partial charge is 0.373 e. The maximum Gasteiger partial charge on any atom is 0.0721 e. The highest BCUT2D eigenvalue weighted by Crippen LogP contribution is 2.06. The van der Waals surface area contributed by atoms with Gasteiger partial charge >= 0.3 is 0 Å². The predicted octanol–water partition coefficient (Wildman–Crippen LogP) is 1.86. The molecule has 13 heavy (non-hydrogen) atoms. The third-order valence-electron chi connectivity index (χ3n) is 1.95. The van der Waals surface area contributed by atoms with E-state index in [9.17, 15) is 0 Å². The zero-order valence-electron chi connectivity index (χ0n) is 8.29. The van der Waals surface area contributed by atoms with Crippen LogP contribution in [0.2, 0.25) is 0 Å². The minimum absolute atomic E-state index is 0.139. The number of aryl methyl sites for hydroxylation is 1. The molecule has 0 aliphatic carbocycles. The van der Waals surface area contributed by atoms with Gasteiger partial charge < -0.3 is 10.5 Å². The predicted molar refractivity (Wildman–Crippen MR) is 54.5 cm³/mol.